The fourth-order valence-electron chi connectivity index (χ4n) is 2.92. The van der Waals surface area contributed by atoms with Crippen LogP contribution >= 0.6 is 11.3 Å². The van der Waals surface area contributed by atoms with Crippen LogP contribution in [0, 0.1) is 0 Å². The van der Waals surface area contributed by atoms with Crippen LogP contribution in [0.4, 0.5) is 5.00 Å². The number of aromatic nitrogens is 1. The maximum Gasteiger partial charge on any atom is 0.341 e. The molecule has 142 valence electrons. The molecule has 0 atom stereocenters. The van der Waals surface area contributed by atoms with Crippen molar-refractivity contribution in [2.24, 2.45) is 0 Å². The number of nitrogens with one attached hydrogen (secondary N) is 3. The molecule has 27 heavy (non-hydrogen) atoms. The number of carbonyl (C=O) groups excluding carboxylic acids is 3. The number of esters is 1. The number of hydrogen-bond acceptors (Lipinski definition) is 6. The lowest BCUT2D eigenvalue weighted by molar-refractivity contribution is -0.136. The number of ether oxygens (including phenoxy) is 1. The molecule has 2 amide bonds. The molecule has 0 fully saturated rings. The Labute approximate surface area is 158 Å². The van der Waals surface area contributed by atoms with E-state index in [-0.39, 0.29) is 18.7 Å². The summed E-state index contributed by atoms with van der Waals surface area (Å²) in [6.07, 6.45) is 4.02. The minimum Gasteiger partial charge on any atom is -0.462 e. The van der Waals surface area contributed by atoms with Gasteiger partial charge < -0.3 is 20.4 Å². The van der Waals surface area contributed by atoms with Gasteiger partial charge >= 0.3 is 17.8 Å². The van der Waals surface area contributed by atoms with Gasteiger partial charge in [0.2, 0.25) is 0 Å². The molecule has 2 aromatic rings. The van der Waals surface area contributed by atoms with E-state index in [0.29, 0.717) is 16.1 Å². The molecule has 0 saturated carbocycles. The molecule has 0 saturated heterocycles. The average Bonchev–Trinajstić information content (AvgIpc) is 3.21. The molecule has 3 N–H and O–H groups in total. The number of carbonyl (C=O) groups is 3. The summed E-state index contributed by atoms with van der Waals surface area (Å²) in [7, 11) is 0. The Morgan fingerprint density at radius 1 is 1.26 bits per heavy atom. The third-order valence-corrected chi connectivity index (χ3v) is 5.38. The van der Waals surface area contributed by atoms with Crippen LogP contribution in [0.2, 0.25) is 0 Å². The molecule has 9 heteroatoms. The average molecular weight is 389 g/mol. The monoisotopic (exact) mass is 389 g/mol. The molecule has 0 unspecified atom stereocenters. The molecule has 3 rings (SSSR count). The summed E-state index contributed by atoms with van der Waals surface area (Å²) < 4.78 is 5.09. The number of aryl methyl sites for hydroxylation is 1. The summed E-state index contributed by atoms with van der Waals surface area (Å²) in [5, 5.41) is 5.24. The van der Waals surface area contributed by atoms with E-state index in [9.17, 15) is 19.2 Å². The standard InChI is InChI=1S/C18H19N3O5S/c1-2-26-18(25)13-11-6-3-7-12(11)27-17(13)21-16(24)15(23)20-9-10-5-4-8-19-14(10)22/h4-5,8H,2-3,6-7,9H2,1H3,(H,19,22)(H,20,23)(H,21,24). The minimum atomic E-state index is -0.896. The summed E-state index contributed by atoms with van der Waals surface area (Å²) in [6, 6.07) is 3.18. The third kappa shape index (κ3) is 4.08. The van der Waals surface area contributed by atoms with Crippen molar-refractivity contribution in [2.45, 2.75) is 32.7 Å². The fourth-order valence-corrected chi connectivity index (χ4v) is 4.20. The van der Waals surface area contributed by atoms with Gasteiger partial charge in [0, 0.05) is 23.2 Å². The second-order valence-corrected chi connectivity index (χ2v) is 7.05. The number of fused-ring (bicyclic) bond motifs is 1. The first-order valence-corrected chi connectivity index (χ1v) is 9.40. The number of H-pyrrole nitrogens is 1. The number of anilines is 1. The number of aromatic amines is 1. The van der Waals surface area contributed by atoms with Gasteiger partial charge in [-0.15, -0.1) is 11.3 Å². The summed E-state index contributed by atoms with van der Waals surface area (Å²) in [4.78, 5) is 51.7. The van der Waals surface area contributed by atoms with Crippen molar-refractivity contribution in [3.05, 3.63) is 50.3 Å². The van der Waals surface area contributed by atoms with Crippen molar-refractivity contribution in [2.75, 3.05) is 11.9 Å². The topological polar surface area (TPSA) is 117 Å². The van der Waals surface area contributed by atoms with Gasteiger partial charge in [-0.2, -0.15) is 0 Å². The van der Waals surface area contributed by atoms with Crippen molar-refractivity contribution >= 4 is 34.1 Å². The second kappa shape index (κ2) is 8.17. The normalized spacial score (nSPS) is 12.3. The molecular formula is C18H19N3O5S. The van der Waals surface area contributed by atoms with Crippen LogP contribution in [0.3, 0.4) is 0 Å². The Kier molecular flexibility index (Phi) is 5.70. The molecule has 2 aromatic heterocycles. The third-order valence-electron chi connectivity index (χ3n) is 4.17. The highest BCUT2D eigenvalue weighted by Gasteiger charge is 2.29. The number of amides is 2. The minimum absolute atomic E-state index is 0.0753. The van der Waals surface area contributed by atoms with Gasteiger partial charge in [0.05, 0.1) is 12.2 Å². The lowest BCUT2D eigenvalue weighted by Crippen LogP contribution is -2.36. The summed E-state index contributed by atoms with van der Waals surface area (Å²) in [6.45, 7) is 1.86. The van der Waals surface area contributed by atoms with E-state index >= 15 is 0 Å². The van der Waals surface area contributed by atoms with E-state index in [1.165, 1.54) is 17.5 Å². The van der Waals surface area contributed by atoms with Crippen molar-refractivity contribution in [1.82, 2.24) is 10.3 Å². The predicted octanol–water partition coefficient (Wildman–Crippen LogP) is 1.36. The molecule has 2 heterocycles. The van der Waals surface area contributed by atoms with Crippen molar-refractivity contribution in [1.29, 1.82) is 0 Å². The van der Waals surface area contributed by atoms with E-state index in [4.69, 9.17) is 4.74 Å². The van der Waals surface area contributed by atoms with Crippen LogP contribution in [-0.4, -0.2) is 29.4 Å². The smallest absolute Gasteiger partial charge is 0.341 e. The van der Waals surface area contributed by atoms with Gasteiger partial charge in [-0.25, -0.2) is 4.79 Å². The van der Waals surface area contributed by atoms with Gasteiger partial charge in [-0.3, -0.25) is 14.4 Å². The second-order valence-electron chi connectivity index (χ2n) is 5.94. The molecular weight excluding hydrogens is 370 g/mol. The Hall–Kier alpha value is -2.94. The van der Waals surface area contributed by atoms with Crippen molar-refractivity contribution in [3.8, 4) is 0 Å². The van der Waals surface area contributed by atoms with Crippen LogP contribution < -0.4 is 16.2 Å². The van der Waals surface area contributed by atoms with Crippen molar-refractivity contribution in [3.63, 3.8) is 0 Å². The van der Waals surface area contributed by atoms with Crippen LogP contribution in [-0.2, 0) is 33.7 Å². The van der Waals surface area contributed by atoms with E-state index < -0.39 is 17.8 Å². The summed E-state index contributed by atoms with van der Waals surface area (Å²) in [5.41, 5.74) is 1.23. The number of rotatable bonds is 5. The molecule has 1 aliphatic rings. The molecule has 8 nitrogen and oxygen atoms in total. The van der Waals surface area contributed by atoms with E-state index in [1.54, 1.807) is 19.1 Å². The molecule has 1 aliphatic carbocycles. The van der Waals surface area contributed by atoms with Crippen LogP contribution in [0.15, 0.2) is 23.1 Å². The van der Waals surface area contributed by atoms with E-state index in [1.807, 2.05) is 0 Å². The first-order valence-electron chi connectivity index (χ1n) is 8.58. The first-order chi connectivity index (χ1) is 13.0. The van der Waals surface area contributed by atoms with Gasteiger partial charge in [-0.1, -0.05) is 6.07 Å². The SMILES string of the molecule is CCOC(=O)c1c(NC(=O)C(=O)NCc2ccc[nH]c2=O)sc2c1CCC2. The van der Waals surface area contributed by atoms with Gasteiger partial charge in [-0.05, 0) is 37.8 Å². The summed E-state index contributed by atoms with van der Waals surface area (Å²) >= 11 is 1.30. The number of pyridine rings is 1. The first kappa shape index (κ1) is 18.8. The zero-order valence-electron chi connectivity index (χ0n) is 14.7. The zero-order chi connectivity index (χ0) is 19.4. The number of hydrogen-bond donors (Lipinski definition) is 3. The Bertz CT molecular complexity index is 947. The van der Waals surface area contributed by atoms with Crippen molar-refractivity contribution < 1.29 is 19.1 Å². The molecule has 0 spiro atoms. The largest absolute Gasteiger partial charge is 0.462 e. The fraction of sp³-hybridized carbons (Fsp3) is 0.333. The highest BCUT2D eigenvalue weighted by atomic mass is 32.1. The maximum absolute atomic E-state index is 12.3. The van der Waals surface area contributed by atoms with Crippen LogP contribution in [0.25, 0.3) is 0 Å². The molecule has 0 aromatic carbocycles. The highest BCUT2D eigenvalue weighted by molar-refractivity contribution is 7.17. The predicted molar refractivity (Wildman–Crippen MR) is 99.8 cm³/mol. The Morgan fingerprint density at radius 2 is 2.07 bits per heavy atom. The number of thiophene rings is 1. The van der Waals surface area contributed by atoms with Crippen LogP contribution in [0.1, 0.15) is 39.7 Å². The Morgan fingerprint density at radius 3 is 2.81 bits per heavy atom. The lowest BCUT2D eigenvalue weighted by Gasteiger charge is -2.08. The van der Waals surface area contributed by atoms with Crippen LogP contribution in [0.5, 0.6) is 0 Å². The highest BCUT2D eigenvalue weighted by Crippen LogP contribution is 2.39. The Balaban J connectivity index is 1.70. The summed E-state index contributed by atoms with van der Waals surface area (Å²) in [5.74, 6) is -2.28. The molecule has 0 aliphatic heterocycles. The van der Waals surface area contributed by atoms with Gasteiger partial charge in [0.15, 0.2) is 0 Å². The maximum atomic E-state index is 12.3. The van der Waals surface area contributed by atoms with Gasteiger partial charge in [0.1, 0.15) is 5.00 Å². The zero-order valence-corrected chi connectivity index (χ0v) is 15.5. The lowest BCUT2D eigenvalue weighted by atomic mass is 10.1. The van der Waals surface area contributed by atoms with E-state index in [0.717, 1.165) is 29.7 Å². The van der Waals surface area contributed by atoms with Gasteiger partial charge in [0.25, 0.3) is 5.56 Å². The molecule has 0 radical (unpaired) electrons. The van der Waals surface area contributed by atoms with E-state index in [2.05, 4.69) is 15.6 Å². The quantitative estimate of drug-likeness (QED) is 0.527. The molecule has 0 bridgehead atoms.